The molecule has 6 rings (SSSR count). The highest BCUT2D eigenvalue weighted by atomic mass is 16.6. The number of nitro groups is 2. The summed E-state index contributed by atoms with van der Waals surface area (Å²) in [4.78, 5) is 113. The smallest absolute Gasteiger partial charge is 0.338 e. The largest absolute Gasteiger partial charge is 0.466 e. The van der Waals surface area contributed by atoms with E-state index in [1.54, 1.807) is 33.0 Å². The van der Waals surface area contributed by atoms with Crippen molar-refractivity contribution >= 4 is 52.8 Å². The first kappa shape index (κ1) is 53.9. The highest BCUT2D eigenvalue weighted by molar-refractivity contribution is 5.96. The number of amides is 2. The number of ether oxygens (including phenoxy) is 4. The molecule has 0 bridgehead atoms. The molecular formula is C50H61N5O15. The van der Waals surface area contributed by atoms with Gasteiger partial charge in [-0.05, 0) is 82.1 Å². The number of esters is 4. The van der Waals surface area contributed by atoms with E-state index < -0.39 is 62.9 Å². The zero-order valence-electron chi connectivity index (χ0n) is 39.7. The summed E-state index contributed by atoms with van der Waals surface area (Å²) in [5, 5.41) is 24.7. The van der Waals surface area contributed by atoms with Gasteiger partial charge in [-0.1, -0.05) is 18.2 Å². The molecule has 2 aliphatic carbocycles. The number of nitrogens with one attached hydrogen (secondary N) is 1. The maximum Gasteiger partial charge on any atom is 0.338 e. The van der Waals surface area contributed by atoms with Crippen molar-refractivity contribution < 1.29 is 62.4 Å². The number of nitro benzene ring substituents is 2. The Morgan fingerprint density at radius 1 is 0.743 bits per heavy atom. The number of allylic oxidation sites excluding steroid dienone is 3. The van der Waals surface area contributed by atoms with E-state index in [1.165, 1.54) is 58.3 Å². The van der Waals surface area contributed by atoms with Crippen molar-refractivity contribution in [3.63, 3.8) is 0 Å². The molecule has 2 aliphatic heterocycles. The molecule has 2 heterocycles. The molecular weight excluding hydrogens is 911 g/mol. The number of unbranched alkanes of at least 4 members (excludes halogenated alkanes) is 2. The normalized spacial score (nSPS) is 24.9. The van der Waals surface area contributed by atoms with Gasteiger partial charge in [0.15, 0.2) is 11.6 Å². The molecule has 0 aromatic heterocycles. The molecule has 0 spiro atoms. The molecule has 376 valence electrons. The lowest BCUT2D eigenvalue weighted by molar-refractivity contribution is -0.385. The van der Waals surface area contributed by atoms with Crippen LogP contribution in [0.1, 0.15) is 92.4 Å². The summed E-state index contributed by atoms with van der Waals surface area (Å²) < 4.78 is 21.4. The van der Waals surface area contributed by atoms with Gasteiger partial charge in [0.25, 0.3) is 11.4 Å². The minimum absolute atomic E-state index is 0.00223. The Kier molecular flexibility index (Phi) is 18.4. The van der Waals surface area contributed by atoms with Crippen LogP contribution in [-0.2, 0) is 38.1 Å². The van der Waals surface area contributed by atoms with Crippen LogP contribution in [0, 0.1) is 42.9 Å². The molecule has 4 aliphatic rings. The Balaban J connectivity index is 0.000000271. The summed E-state index contributed by atoms with van der Waals surface area (Å²) in [6.07, 6.45) is 7.63. The van der Waals surface area contributed by atoms with E-state index in [0.717, 1.165) is 19.3 Å². The Hall–Kier alpha value is -7.09. The predicted octanol–water partition coefficient (Wildman–Crippen LogP) is 6.51. The van der Waals surface area contributed by atoms with Gasteiger partial charge >= 0.3 is 29.9 Å². The summed E-state index contributed by atoms with van der Waals surface area (Å²) in [6, 6.07) is 8.35. The zero-order chi connectivity index (χ0) is 51.3. The number of benzene rings is 2. The molecule has 2 amide bonds. The second kappa shape index (κ2) is 24.0. The highest BCUT2D eigenvalue weighted by Gasteiger charge is 2.62. The number of non-ortho nitro benzene ring substituents is 2. The Bertz CT molecular complexity index is 2340. The highest BCUT2D eigenvalue weighted by Crippen LogP contribution is 2.58. The summed E-state index contributed by atoms with van der Waals surface area (Å²) in [6.45, 7) is 15.8. The minimum atomic E-state index is -0.992. The fourth-order valence-electron chi connectivity index (χ4n) is 8.99. The van der Waals surface area contributed by atoms with Gasteiger partial charge in [-0.25, -0.2) is 14.4 Å². The molecule has 20 heteroatoms. The van der Waals surface area contributed by atoms with Crippen molar-refractivity contribution in [1.82, 2.24) is 15.1 Å². The molecule has 1 N–H and O–H groups in total. The average molecular weight is 972 g/mol. The average Bonchev–Trinajstić information content (AvgIpc) is 4.11. The standard InChI is InChI=1S/C29H37N3O8.C21H24N2O7/c1-5-8-9-10-15-30(4)28(36)31-19-23(40-26(34)20-11-13-22(14-12-20)32(37)38)16-24(31)25(33)18-29(17-21(29)6-2)27(35)39-7-3;1-3-14-10-21(14,20(26)29-4-2)11-18(24)17-9-16(12-22-17)30-19(25)13-5-7-15(8-6-13)23(27)28/h5-6,11-14,21,23-24H,1-2,7-10,15-19H2,3-4H3;3,5-8,14,16-17,22H,1,4,9-12H2,2H3/t21-,23+,24+,29-;14-,16+,17+,21-/m11/s1. The van der Waals surface area contributed by atoms with Gasteiger partial charge in [-0.15, -0.1) is 19.7 Å². The monoisotopic (exact) mass is 971 g/mol. The van der Waals surface area contributed by atoms with Crippen molar-refractivity contribution in [1.29, 1.82) is 0 Å². The van der Waals surface area contributed by atoms with E-state index in [4.69, 9.17) is 18.9 Å². The maximum absolute atomic E-state index is 13.6. The van der Waals surface area contributed by atoms with Crippen molar-refractivity contribution in [3.05, 3.63) is 118 Å². The number of rotatable bonds is 23. The molecule has 0 unspecified atom stereocenters. The van der Waals surface area contributed by atoms with E-state index in [-0.39, 0.29) is 96.9 Å². The lowest BCUT2D eigenvalue weighted by Gasteiger charge is -2.29. The van der Waals surface area contributed by atoms with E-state index in [1.807, 2.05) is 6.08 Å². The van der Waals surface area contributed by atoms with E-state index in [2.05, 4.69) is 25.1 Å². The molecule has 20 nitrogen and oxygen atoms in total. The minimum Gasteiger partial charge on any atom is -0.466 e. The molecule has 2 saturated carbocycles. The molecule has 2 saturated heterocycles. The lowest BCUT2D eigenvalue weighted by atomic mass is 9.92. The molecule has 70 heavy (non-hydrogen) atoms. The van der Waals surface area contributed by atoms with Crippen LogP contribution >= 0.6 is 0 Å². The van der Waals surface area contributed by atoms with Crippen LogP contribution in [0.15, 0.2) is 86.5 Å². The predicted molar refractivity (Wildman–Crippen MR) is 252 cm³/mol. The molecule has 2 aromatic carbocycles. The number of carbonyl (C=O) groups is 7. The second-order valence-corrected chi connectivity index (χ2v) is 17.9. The van der Waals surface area contributed by atoms with Crippen LogP contribution in [0.3, 0.4) is 0 Å². The van der Waals surface area contributed by atoms with Crippen molar-refractivity contribution in [2.75, 3.05) is 39.9 Å². The second-order valence-electron chi connectivity index (χ2n) is 17.9. The van der Waals surface area contributed by atoms with Gasteiger partial charge in [0.2, 0.25) is 0 Å². The Labute approximate surface area is 405 Å². The van der Waals surface area contributed by atoms with E-state index in [0.29, 0.717) is 32.4 Å². The van der Waals surface area contributed by atoms with Crippen molar-refractivity contribution in [2.45, 2.75) is 95.9 Å². The first-order chi connectivity index (χ1) is 33.4. The van der Waals surface area contributed by atoms with Crippen LogP contribution in [-0.4, -0.2) is 125 Å². The molecule has 0 radical (unpaired) electrons. The fraction of sp³-hybridized carbons (Fsp3) is 0.500. The summed E-state index contributed by atoms with van der Waals surface area (Å²) in [5.41, 5.74) is -1.79. The van der Waals surface area contributed by atoms with Crippen LogP contribution < -0.4 is 5.32 Å². The lowest BCUT2D eigenvalue weighted by Crippen LogP contribution is -2.47. The SMILES string of the molecule is C=CCCCCN(C)C(=O)N1C[C@@H](OC(=O)c2ccc([N+](=O)[O-])cc2)C[C@H]1C(=O)C[C@]1(C(=O)OCC)C[C@H]1C=C.C=C[C@@H]1C[C@]1(CC(=O)[C@@H]1C[C@H](OC(=O)c2ccc([N+](=O)[O-])cc2)CN1)C(=O)OCC. The Morgan fingerprint density at radius 2 is 1.23 bits per heavy atom. The van der Waals surface area contributed by atoms with E-state index >= 15 is 0 Å². The van der Waals surface area contributed by atoms with Gasteiger partial charge in [-0.3, -0.25) is 39.4 Å². The number of likely N-dealkylation sites (tertiary alicyclic amines) is 1. The third-order valence-corrected chi connectivity index (χ3v) is 13.2. The van der Waals surface area contributed by atoms with Crippen molar-refractivity contribution in [3.8, 4) is 0 Å². The van der Waals surface area contributed by atoms with Crippen molar-refractivity contribution in [2.24, 2.45) is 22.7 Å². The van der Waals surface area contributed by atoms with Crippen LogP contribution in [0.2, 0.25) is 0 Å². The van der Waals surface area contributed by atoms with Gasteiger partial charge in [-0.2, -0.15) is 0 Å². The number of carbonyl (C=O) groups excluding carboxylic acids is 7. The molecule has 8 atom stereocenters. The fourth-order valence-corrected chi connectivity index (χ4v) is 8.99. The maximum atomic E-state index is 13.6. The number of hydrogen-bond donors (Lipinski definition) is 1. The summed E-state index contributed by atoms with van der Waals surface area (Å²) >= 11 is 0. The number of Topliss-reactive ketones (excluding diaryl/α,β-unsaturated/α-hetero) is 2. The van der Waals surface area contributed by atoms with Gasteiger partial charge in [0, 0.05) is 70.1 Å². The van der Waals surface area contributed by atoms with Crippen LogP contribution in [0.5, 0.6) is 0 Å². The Morgan fingerprint density at radius 3 is 1.67 bits per heavy atom. The molecule has 2 aromatic rings. The van der Waals surface area contributed by atoms with Gasteiger partial charge in [0.05, 0.1) is 63.6 Å². The quantitative estimate of drug-likeness (QED) is 0.0310. The molecule has 4 fully saturated rings. The third-order valence-electron chi connectivity index (χ3n) is 13.2. The van der Waals surface area contributed by atoms with Crippen LogP contribution in [0.4, 0.5) is 16.2 Å². The van der Waals surface area contributed by atoms with Crippen LogP contribution in [0.25, 0.3) is 0 Å². The summed E-state index contributed by atoms with van der Waals surface area (Å²) in [7, 11) is 1.66. The zero-order valence-corrected chi connectivity index (χ0v) is 39.7. The number of nitrogens with zero attached hydrogens (tertiary/aromatic N) is 4. The number of ketones is 2. The first-order valence-corrected chi connectivity index (χ1v) is 23.3. The summed E-state index contributed by atoms with van der Waals surface area (Å²) in [5.74, 6) is -2.84. The van der Waals surface area contributed by atoms with E-state index in [9.17, 15) is 53.8 Å². The third kappa shape index (κ3) is 13.0. The topological polar surface area (TPSA) is 261 Å². The first-order valence-electron chi connectivity index (χ1n) is 23.3. The van der Waals surface area contributed by atoms with Gasteiger partial charge < -0.3 is 34.1 Å². The van der Waals surface area contributed by atoms with Gasteiger partial charge in [0.1, 0.15) is 12.2 Å². The number of urea groups is 1. The number of hydrogen-bond acceptors (Lipinski definition) is 16.